The van der Waals surface area contributed by atoms with Gasteiger partial charge in [-0.05, 0) is 0 Å². The van der Waals surface area contributed by atoms with Gasteiger partial charge in [0.15, 0.2) is 31.1 Å². The molecular weight excluding hydrogens is 734 g/mol. The predicted octanol–water partition coefficient (Wildman–Crippen LogP) is -9.86. The molecule has 0 aromatic carbocycles. The van der Waals surface area contributed by atoms with Crippen molar-refractivity contribution in [3.05, 3.63) is 0 Å². The summed E-state index contributed by atoms with van der Waals surface area (Å²) in [6.07, 6.45) is -36.5. The lowest BCUT2D eigenvalue weighted by Crippen LogP contribution is -2.71. The Morgan fingerprint density at radius 2 is 1.32 bits per heavy atom. The number of ether oxygens (including phenoxy) is 6. The summed E-state index contributed by atoms with van der Waals surface area (Å²) >= 11 is 0. The van der Waals surface area contributed by atoms with E-state index < -0.39 is 154 Å². The molecule has 0 spiro atoms. The van der Waals surface area contributed by atoms with Crippen molar-refractivity contribution >= 4 is 17.8 Å². The number of carbonyl (C=O) groups excluding carboxylic acids is 1. The van der Waals surface area contributed by atoms with Gasteiger partial charge in [0.05, 0.1) is 19.8 Å². The van der Waals surface area contributed by atoms with Gasteiger partial charge in [0, 0.05) is 6.92 Å². The number of hydrogen-bond acceptors (Lipinski definition) is 23. The molecule has 0 radical (unpaired) electrons. The molecule has 3 saturated heterocycles. The molecule has 0 aromatic rings. The van der Waals surface area contributed by atoms with Crippen molar-refractivity contribution < 1.29 is 109 Å². The van der Waals surface area contributed by atoms with E-state index in [1.54, 1.807) is 0 Å². The highest BCUT2D eigenvalue weighted by Gasteiger charge is 2.57. The van der Waals surface area contributed by atoms with Crippen LogP contribution in [0.2, 0.25) is 0 Å². The fourth-order valence-corrected chi connectivity index (χ4v) is 5.77. The molecule has 0 bridgehead atoms. The highest BCUT2D eigenvalue weighted by Crippen LogP contribution is 2.35. The quantitative estimate of drug-likeness (QED) is 0.0299. The summed E-state index contributed by atoms with van der Waals surface area (Å²) in [5, 5.41) is 140. The van der Waals surface area contributed by atoms with E-state index in [1.165, 1.54) is 0 Å². The third kappa shape index (κ3) is 9.67. The van der Waals surface area contributed by atoms with Crippen LogP contribution in [0.25, 0.3) is 0 Å². The minimum atomic E-state index is -2.37. The topological polar surface area (TPSA) is 450 Å². The summed E-state index contributed by atoms with van der Waals surface area (Å²) in [6, 6.07) is -3.60. The first-order valence-electron chi connectivity index (χ1n) is 15.7. The number of hydrogen-bond donors (Lipinski definition) is 15. The number of aliphatic hydroxyl groups excluding tert-OH is 11. The van der Waals surface area contributed by atoms with E-state index in [4.69, 9.17) is 40.1 Å². The molecule has 0 aromatic heterocycles. The average Bonchev–Trinajstić information content (AvgIpc) is 3.12. The fourth-order valence-electron chi connectivity index (χ4n) is 5.77. The third-order valence-electron chi connectivity index (χ3n) is 8.68. The number of nitrogens with zero attached hydrogens (tertiary/aromatic N) is 3. The predicted molar refractivity (Wildman–Crippen MR) is 159 cm³/mol. The summed E-state index contributed by atoms with van der Waals surface area (Å²) in [6.45, 7) is -2.22. The van der Waals surface area contributed by atoms with Crippen LogP contribution in [0.1, 0.15) is 6.92 Å². The van der Waals surface area contributed by atoms with Crippen molar-refractivity contribution in [2.75, 3.05) is 19.8 Å². The molecule has 3 aliphatic heterocycles. The zero-order valence-electron chi connectivity index (χ0n) is 27.6. The van der Waals surface area contributed by atoms with E-state index in [0.29, 0.717) is 5.01 Å². The number of hydrazine groups is 1. The maximum absolute atomic E-state index is 12.5. The van der Waals surface area contributed by atoms with Crippen LogP contribution in [0.15, 0.2) is 10.3 Å². The second-order valence-corrected chi connectivity index (χ2v) is 12.1. The summed E-state index contributed by atoms with van der Waals surface area (Å²) in [5.41, 5.74) is 0. The molecule has 0 aliphatic carbocycles. The molecule has 19 atom stereocenters. The van der Waals surface area contributed by atoms with Gasteiger partial charge in [-0.1, -0.05) is 5.22 Å². The number of carbonyl (C=O) groups is 3. The minimum Gasteiger partial charge on any atom is -0.479 e. The van der Waals surface area contributed by atoms with Gasteiger partial charge in [-0.25, -0.2) is 15.4 Å². The Bertz CT molecular complexity index is 1260. The fraction of sp³-hybridized carbons (Fsp3) is 0.885. The Kier molecular flexibility index (Phi) is 16.0. The number of amides is 1. The van der Waals surface area contributed by atoms with Gasteiger partial charge in [0.25, 0.3) is 0 Å². The Labute approximate surface area is 297 Å². The average molecular weight is 780 g/mol. The molecule has 1 amide bonds. The monoisotopic (exact) mass is 779 g/mol. The van der Waals surface area contributed by atoms with Gasteiger partial charge >= 0.3 is 11.9 Å². The Balaban J connectivity index is 1.99. The highest BCUT2D eigenvalue weighted by atomic mass is 16.8. The number of nitrogens with two attached hydrogens (primary N) is 2. The van der Waals surface area contributed by atoms with Gasteiger partial charge in [-0.2, -0.15) is 5.11 Å². The van der Waals surface area contributed by atoms with Crippen molar-refractivity contribution in [3.8, 4) is 0 Å². The smallest absolute Gasteiger partial charge is 0.335 e. The van der Waals surface area contributed by atoms with Crippen molar-refractivity contribution in [2.45, 2.75) is 123 Å². The SMILES string of the molecule is CC(=O)N(N)C1C(O[C@@H]2OC(C(=O)O)[C@@H](O)C(O)C2O)[C@H](O)C(CO)O[C@H]1O[C@@H]1C(C(=O)O)O[C@@H](OC(C(CO)N=NN)[C@H](O)C(O)CO)C(O)C1O. The van der Waals surface area contributed by atoms with Crippen LogP contribution in [-0.2, 0) is 42.8 Å². The van der Waals surface area contributed by atoms with Crippen molar-refractivity contribution in [3.63, 3.8) is 0 Å². The number of carboxylic acids is 2. The standard InChI is InChI=1S/C26H45N5O22/c1-5(35)31(28)9-18(50-25-15(42)12(39)13(40)20(52-25)22(44)45)11(38)8(4-34)48-24(9)51-19-14(41)16(43)26(53-21(19)23(46)47)49-17(6(2-32)29-30-27)10(37)7(36)3-33/h6-21,24-26,32-34,36-43H,2-4,28H2,1H3,(H2,27,29)(H,44,45)(H,46,47)/t6?,7?,8?,9?,10-,11-,12?,13+,14?,15?,16?,17?,18?,19+,20?,21?,24+,25-,26-/m1/s1. The molecule has 0 saturated carbocycles. The van der Waals surface area contributed by atoms with Crippen molar-refractivity contribution in [2.24, 2.45) is 22.0 Å². The molecule has 3 aliphatic rings. The van der Waals surface area contributed by atoms with E-state index >= 15 is 0 Å². The lowest BCUT2D eigenvalue weighted by molar-refractivity contribution is -0.370. The first-order chi connectivity index (χ1) is 24.9. The van der Waals surface area contributed by atoms with Crippen LogP contribution >= 0.6 is 0 Å². The Hall–Kier alpha value is -2.91. The molecule has 3 heterocycles. The van der Waals surface area contributed by atoms with E-state index in [-0.39, 0.29) is 0 Å². The molecular formula is C26H45N5O22. The van der Waals surface area contributed by atoms with Crippen LogP contribution in [-0.4, -0.2) is 225 Å². The lowest BCUT2D eigenvalue weighted by atomic mass is 9.94. The molecule has 17 N–H and O–H groups in total. The van der Waals surface area contributed by atoms with E-state index in [0.717, 1.165) is 6.92 Å². The largest absolute Gasteiger partial charge is 0.479 e. The zero-order chi connectivity index (χ0) is 40.1. The van der Waals surface area contributed by atoms with Gasteiger partial charge in [-0.3, -0.25) is 9.80 Å². The number of rotatable bonds is 16. The van der Waals surface area contributed by atoms with E-state index in [1.807, 2.05) is 0 Å². The Morgan fingerprint density at radius 1 is 0.755 bits per heavy atom. The van der Waals surface area contributed by atoms with Gasteiger partial charge in [-0.15, -0.1) is 0 Å². The maximum atomic E-state index is 12.5. The molecule has 27 heteroatoms. The molecule has 27 nitrogen and oxygen atoms in total. The number of aliphatic carboxylic acids is 2. The molecule has 3 rings (SSSR count). The van der Waals surface area contributed by atoms with Crippen LogP contribution in [0.3, 0.4) is 0 Å². The second kappa shape index (κ2) is 19.1. The maximum Gasteiger partial charge on any atom is 0.335 e. The molecule has 306 valence electrons. The van der Waals surface area contributed by atoms with Crippen molar-refractivity contribution in [1.82, 2.24) is 5.01 Å². The van der Waals surface area contributed by atoms with Gasteiger partial charge < -0.3 is 101 Å². The minimum absolute atomic E-state index is 0.314. The van der Waals surface area contributed by atoms with Gasteiger partial charge in [0.2, 0.25) is 5.91 Å². The summed E-state index contributed by atoms with van der Waals surface area (Å²) in [7, 11) is 0. The lowest BCUT2D eigenvalue weighted by Gasteiger charge is -2.50. The molecule has 53 heavy (non-hydrogen) atoms. The zero-order valence-corrected chi connectivity index (χ0v) is 27.6. The van der Waals surface area contributed by atoms with Crippen LogP contribution < -0.4 is 11.7 Å². The third-order valence-corrected chi connectivity index (χ3v) is 8.68. The molecule has 12 unspecified atom stereocenters. The van der Waals surface area contributed by atoms with Crippen LogP contribution in [0.4, 0.5) is 0 Å². The number of carboxylic acid groups (broad SMARTS) is 2. The first-order valence-corrected chi connectivity index (χ1v) is 15.7. The van der Waals surface area contributed by atoms with Crippen molar-refractivity contribution in [1.29, 1.82) is 0 Å². The highest BCUT2D eigenvalue weighted by molar-refractivity contribution is 5.74. The van der Waals surface area contributed by atoms with E-state index in [2.05, 4.69) is 10.3 Å². The molecule has 3 fully saturated rings. The van der Waals surface area contributed by atoms with Crippen LogP contribution in [0.5, 0.6) is 0 Å². The summed E-state index contributed by atoms with van der Waals surface area (Å²) in [5.74, 6) is 6.22. The first kappa shape index (κ1) is 44.5. The summed E-state index contributed by atoms with van der Waals surface area (Å²) in [4.78, 5) is 36.6. The number of aliphatic hydroxyl groups is 11. The van der Waals surface area contributed by atoms with E-state index in [9.17, 15) is 80.8 Å². The van der Waals surface area contributed by atoms with Gasteiger partial charge in [0.1, 0.15) is 85.3 Å². The van der Waals surface area contributed by atoms with Crippen LogP contribution in [0, 0.1) is 0 Å². The normalized spacial score (nSPS) is 40.3. The second-order valence-electron chi connectivity index (χ2n) is 12.1. The Morgan fingerprint density at radius 3 is 1.83 bits per heavy atom. The summed E-state index contributed by atoms with van der Waals surface area (Å²) < 4.78 is 32.7.